The largest absolute Gasteiger partial charge is 0.331 e. The molecule has 1 saturated carbocycles. The predicted molar refractivity (Wildman–Crippen MR) is 112 cm³/mol. The fourth-order valence-corrected chi connectivity index (χ4v) is 5.98. The second-order valence-corrected chi connectivity index (χ2v) is 9.51. The van der Waals surface area contributed by atoms with E-state index in [4.69, 9.17) is 0 Å². The second-order valence-electron chi connectivity index (χ2n) is 9.51. The first-order chi connectivity index (χ1) is 15.0. The number of hydrogen-bond acceptors (Lipinski definition) is 5. The molecule has 9 heteroatoms. The number of imide groups is 1. The maximum absolute atomic E-state index is 13.3. The lowest BCUT2D eigenvalue weighted by Crippen LogP contribution is -2.49. The first-order valence-electron chi connectivity index (χ1n) is 11.8. The summed E-state index contributed by atoms with van der Waals surface area (Å²) in [5.74, 6) is 1.51. The molecule has 1 atom stereocenters. The third-order valence-electron chi connectivity index (χ3n) is 7.79. The molecule has 9 nitrogen and oxygen atoms in total. The van der Waals surface area contributed by atoms with Crippen LogP contribution in [0.4, 0.5) is 4.79 Å². The van der Waals surface area contributed by atoms with Crippen LogP contribution in [0, 0.1) is 0 Å². The van der Waals surface area contributed by atoms with Crippen molar-refractivity contribution >= 4 is 17.8 Å². The number of aryl methyl sites for hydroxylation is 1. The number of carbonyl (C=O) groups is 3. The molecule has 3 fully saturated rings. The molecule has 3 aliphatic heterocycles. The molecule has 2 saturated heterocycles. The SMILES string of the molecule is CN1C(=O)N(CC(=O)N2CCC[C@H]2c2nnc3n2CCCCC3)C(=O)C12CCCCC2. The molecule has 1 aromatic heterocycles. The topological polar surface area (TPSA) is 91.6 Å². The van der Waals surface area contributed by atoms with Crippen molar-refractivity contribution in [1.82, 2.24) is 29.5 Å². The van der Waals surface area contributed by atoms with Crippen molar-refractivity contribution in [3.63, 3.8) is 0 Å². The number of fused-ring (bicyclic) bond motifs is 1. The van der Waals surface area contributed by atoms with Crippen molar-refractivity contribution in [3.8, 4) is 0 Å². The van der Waals surface area contributed by atoms with Crippen molar-refractivity contribution in [3.05, 3.63) is 11.6 Å². The van der Waals surface area contributed by atoms with Crippen LogP contribution in [0.2, 0.25) is 0 Å². The molecule has 4 aliphatic rings. The van der Waals surface area contributed by atoms with Gasteiger partial charge < -0.3 is 14.4 Å². The fourth-order valence-electron chi connectivity index (χ4n) is 5.98. The maximum atomic E-state index is 13.3. The molecule has 0 aromatic carbocycles. The van der Waals surface area contributed by atoms with Gasteiger partial charge in [-0.25, -0.2) is 4.79 Å². The van der Waals surface area contributed by atoms with Gasteiger partial charge in [0.2, 0.25) is 5.91 Å². The van der Waals surface area contributed by atoms with Crippen molar-refractivity contribution in [1.29, 1.82) is 0 Å². The minimum Gasteiger partial charge on any atom is -0.331 e. The molecule has 0 radical (unpaired) electrons. The van der Waals surface area contributed by atoms with E-state index in [1.54, 1.807) is 11.9 Å². The van der Waals surface area contributed by atoms with Gasteiger partial charge in [-0.2, -0.15) is 0 Å². The van der Waals surface area contributed by atoms with E-state index in [-0.39, 0.29) is 30.4 Å². The van der Waals surface area contributed by atoms with E-state index in [0.717, 1.165) is 69.6 Å². The Balaban J connectivity index is 1.34. The van der Waals surface area contributed by atoms with E-state index in [0.29, 0.717) is 19.4 Å². The smallest absolute Gasteiger partial charge is 0.327 e. The summed E-state index contributed by atoms with van der Waals surface area (Å²) in [6, 6.07) is -0.464. The van der Waals surface area contributed by atoms with E-state index in [1.165, 1.54) is 11.3 Å². The summed E-state index contributed by atoms with van der Waals surface area (Å²) in [5, 5.41) is 8.86. The number of hydrogen-bond donors (Lipinski definition) is 0. The van der Waals surface area contributed by atoms with Gasteiger partial charge in [0, 0.05) is 26.6 Å². The Kier molecular flexibility index (Phi) is 5.22. The molecule has 4 heterocycles. The Labute approximate surface area is 182 Å². The van der Waals surface area contributed by atoms with Gasteiger partial charge in [-0.1, -0.05) is 25.7 Å². The number of urea groups is 1. The molecule has 31 heavy (non-hydrogen) atoms. The number of carbonyl (C=O) groups excluding carboxylic acids is 3. The highest BCUT2D eigenvalue weighted by atomic mass is 16.2. The van der Waals surface area contributed by atoms with Gasteiger partial charge in [-0.3, -0.25) is 14.5 Å². The molecule has 1 aliphatic carbocycles. The average molecular weight is 429 g/mol. The molecule has 4 amide bonds. The van der Waals surface area contributed by atoms with Crippen LogP contribution < -0.4 is 0 Å². The maximum Gasteiger partial charge on any atom is 0.327 e. The highest BCUT2D eigenvalue weighted by molar-refractivity contribution is 6.09. The van der Waals surface area contributed by atoms with Crippen molar-refractivity contribution < 1.29 is 14.4 Å². The van der Waals surface area contributed by atoms with E-state index < -0.39 is 5.54 Å². The van der Waals surface area contributed by atoms with Crippen molar-refractivity contribution in [2.75, 3.05) is 20.1 Å². The minimum atomic E-state index is -0.746. The Morgan fingerprint density at radius 3 is 2.58 bits per heavy atom. The molecule has 5 rings (SSSR count). The van der Waals surface area contributed by atoms with Gasteiger partial charge in [0.1, 0.15) is 17.9 Å². The quantitative estimate of drug-likeness (QED) is 0.689. The Morgan fingerprint density at radius 2 is 1.77 bits per heavy atom. The van der Waals surface area contributed by atoms with Crippen LogP contribution >= 0.6 is 0 Å². The van der Waals surface area contributed by atoms with Crippen LogP contribution in [0.15, 0.2) is 0 Å². The standard InChI is InChI=1S/C22H32N6O3/c1-25-21(31)28(20(30)22(25)11-5-3-6-12-22)15-18(29)26-14-8-9-16(26)19-24-23-17-10-4-2-7-13-27(17)19/h16H,2-15H2,1H3/t16-/m0/s1. The summed E-state index contributed by atoms with van der Waals surface area (Å²) in [5.41, 5.74) is -0.746. The number of likely N-dealkylation sites (tertiary alicyclic amines) is 1. The van der Waals surface area contributed by atoms with Crippen LogP contribution in [0.5, 0.6) is 0 Å². The van der Waals surface area contributed by atoms with Crippen LogP contribution in [0.3, 0.4) is 0 Å². The molecular formula is C22H32N6O3. The molecule has 0 bridgehead atoms. The zero-order chi connectivity index (χ0) is 21.6. The first-order valence-corrected chi connectivity index (χ1v) is 11.8. The second kappa shape index (κ2) is 7.91. The Hall–Kier alpha value is -2.45. The summed E-state index contributed by atoms with van der Waals surface area (Å²) in [7, 11) is 1.71. The van der Waals surface area contributed by atoms with E-state index in [1.807, 2.05) is 4.90 Å². The normalized spacial score (nSPS) is 26.0. The van der Waals surface area contributed by atoms with Gasteiger partial charge in [-0.15, -0.1) is 10.2 Å². The molecule has 168 valence electrons. The highest BCUT2D eigenvalue weighted by Gasteiger charge is 2.56. The summed E-state index contributed by atoms with van der Waals surface area (Å²) >= 11 is 0. The Bertz CT molecular complexity index is 890. The minimum absolute atomic E-state index is 0.124. The molecule has 0 N–H and O–H groups in total. The van der Waals surface area contributed by atoms with Crippen molar-refractivity contribution in [2.24, 2.45) is 0 Å². The number of amides is 4. The van der Waals surface area contributed by atoms with Gasteiger partial charge in [0.05, 0.1) is 6.04 Å². The van der Waals surface area contributed by atoms with Crippen molar-refractivity contribution in [2.45, 2.75) is 88.8 Å². The van der Waals surface area contributed by atoms with Gasteiger partial charge in [-0.05, 0) is 38.5 Å². The number of likely N-dealkylation sites (N-methyl/N-ethyl adjacent to an activating group) is 1. The zero-order valence-electron chi connectivity index (χ0n) is 18.4. The lowest BCUT2D eigenvalue weighted by atomic mass is 9.81. The van der Waals surface area contributed by atoms with Gasteiger partial charge >= 0.3 is 6.03 Å². The number of nitrogens with zero attached hydrogens (tertiary/aromatic N) is 6. The van der Waals surface area contributed by atoms with E-state index >= 15 is 0 Å². The van der Waals surface area contributed by atoms with E-state index in [9.17, 15) is 14.4 Å². The number of aromatic nitrogens is 3. The molecule has 1 spiro atoms. The monoisotopic (exact) mass is 428 g/mol. The zero-order valence-corrected chi connectivity index (χ0v) is 18.4. The first kappa shape index (κ1) is 20.5. The van der Waals surface area contributed by atoms with Crippen LogP contribution in [0.25, 0.3) is 0 Å². The summed E-state index contributed by atoms with van der Waals surface area (Å²) in [6.45, 7) is 1.34. The lowest BCUT2D eigenvalue weighted by Gasteiger charge is -2.35. The Morgan fingerprint density at radius 1 is 1.00 bits per heavy atom. The van der Waals surface area contributed by atoms with Crippen LogP contribution in [0.1, 0.15) is 81.9 Å². The van der Waals surface area contributed by atoms with Crippen LogP contribution in [-0.4, -0.2) is 73.0 Å². The number of rotatable bonds is 3. The molecule has 0 unspecified atom stereocenters. The fraction of sp³-hybridized carbons (Fsp3) is 0.773. The highest BCUT2D eigenvalue weighted by Crippen LogP contribution is 2.40. The summed E-state index contributed by atoms with van der Waals surface area (Å²) in [4.78, 5) is 44.1. The summed E-state index contributed by atoms with van der Waals surface area (Å²) < 4.78 is 2.19. The van der Waals surface area contributed by atoms with Crippen LogP contribution in [-0.2, 0) is 22.6 Å². The molecule has 1 aromatic rings. The predicted octanol–water partition coefficient (Wildman–Crippen LogP) is 2.26. The third-order valence-corrected chi connectivity index (χ3v) is 7.79. The van der Waals surface area contributed by atoms with Gasteiger partial charge in [0.25, 0.3) is 5.91 Å². The van der Waals surface area contributed by atoms with Gasteiger partial charge in [0.15, 0.2) is 5.82 Å². The average Bonchev–Trinajstić information content (AvgIpc) is 3.40. The lowest BCUT2D eigenvalue weighted by molar-refractivity contribution is -0.141. The summed E-state index contributed by atoms with van der Waals surface area (Å²) in [6.07, 6.45) is 10.4. The van der Waals surface area contributed by atoms with E-state index in [2.05, 4.69) is 14.8 Å². The molecular weight excluding hydrogens is 396 g/mol. The third kappa shape index (κ3) is 3.24.